The van der Waals surface area contributed by atoms with E-state index in [1.807, 2.05) is 24.3 Å². The molecule has 0 radical (unpaired) electrons. The highest BCUT2D eigenvalue weighted by Crippen LogP contribution is 2.28. The highest BCUT2D eigenvalue weighted by Gasteiger charge is 2.17. The van der Waals surface area contributed by atoms with Crippen molar-refractivity contribution in [3.05, 3.63) is 24.3 Å². The number of hydrogen-bond donors (Lipinski definition) is 3. The summed E-state index contributed by atoms with van der Waals surface area (Å²) in [4.78, 5) is 24.9. The maximum Gasteiger partial charge on any atom is 0.320 e. The molecule has 120 valence electrons. The van der Waals surface area contributed by atoms with E-state index in [2.05, 4.69) is 10.2 Å². The van der Waals surface area contributed by atoms with Crippen LogP contribution in [-0.4, -0.2) is 36.1 Å². The normalized spacial score (nSPS) is 16.1. The summed E-state index contributed by atoms with van der Waals surface area (Å²) in [5, 5.41) is 11.6. The standard InChI is InChI=1S/C16H23N3O3/c17-12(16(21)22)8-9-15(20)18-13-6-2-3-7-14(13)19-10-4-1-5-11-19/h2-3,6-7,12H,1,4-5,8-11,17H2,(H,18,20)(H,21,22)/t12-/m0/s1. The fourth-order valence-corrected chi connectivity index (χ4v) is 2.61. The molecule has 1 heterocycles. The van der Waals surface area contributed by atoms with Crippen molar-refractivity contribution in [3.63, 3.8) is 0 Å². The molecule has 4 N–H and O–H groups in total. The highest BCUT2D eigenvalue weighted by atomic mass is 16.4. The summed E-state index contributed by atoms with van der Waals surface area (Å²) < 4.78 is 0. The topological polar surface area (TPSA) is 95.7 Å². The molecule has 0 bridgehead atoms. The first kappa shape index (κ1) is 16.3. The Morgan fingerprint density at radius 3 is 2.59 bits per heavy atom. The molecule has 2 rings (SSSR count). The maximum absolute atomic E-state index is 12.0. The van der Waals surface area contributed by atoms with E-state index in [0.717, 1.165) is 37.3 Å². The van der Waals surface area contributed by atoms with Crippen LogP contribution in [0.5, 0.6) is 0 Å². The van der Waals surface area contributed by atoms with Crippen molar-refractivity contribution in [1.82, 2.24) is 0 Å². The molecule has 1 saturated heterocycles. The Morgan fingerprint density at radius 2 is 1.91 bits per heavy atom. The van der Waals surface area contributed by atoms with Crippen LogP contribution in [0.1, 0.15) is 32.1 Å². The number of carbonyl (C=O) groups is 2. The fraction of sp³-hybridized carbons (Fsp3) is 0.500. The minimum Gasteiger partial charge on any atom is -0.480 e. The van der Waals surface area contributed by atoms with Gasteiger partial charge in [-0.3, -0.25) is 9.59 Å². The Balaban J connectivity index is 1.97. The van der Waals surface area contributed by atoms with Gasteiger partial charge in [0, 0.05) is 19.5 Å². The van der Waals surface area contributed by atoms with Gasteiger partial charge in [0.1, 0.15) is 6.04 Å². The smallest absolute Gasteiger partial charge is 0.320 e. The number of piperidine rings is 1. The van der Waals surface area contributed by atoms with Crippen LogP contribution in [0.4, 0.5) is 11.4 Å². The molecule has 1 aliphatic heterocycles. The third-order valence-electron chi connectivity index (χ3n) is 3.87. The van der Waals surface area contributed by atoms with Crippen LogP contribution in [0.2, 0.25) is 0 Å². The van der Waals surface area contributed by atoms with E-state index in [-0.39, 0.29) is 18.7 Å². The Labute approximate surface area is 130 Å². The molecule has 1 amide bonds. The van der Waals surface area contributed by atoms with Crippen molar-refractivity contribution in [1.29, 1.82) is 0 Å². The molecule has 0 saturated carbocycles. The average molecular weight is 305 g/mol. The van der Waals surface area contributed by atoms with Crippen molar-refractivity contribution in [2.45, 2.75) is 38.1 Å². The summed E-state index contributed by atoms with van der Waals surface area (Å²) in [6, 6.07) is 6.72. The number of hydrogen-bond acceptors (Lipinski definition) is 4. The number of carbonyl (C=O) groups excluding carboxylic acids is 1. The number of anilines is 2. The van der Waals surface area contributed by atoms with Crippen LogP contribution in [0.3, 0.4) is 0 Å². The summed E-state index contributed by atoms with van der Waals surface area (Å²) in [7, 11) is 0. The van der Waals surface area contributed by atoms with Gasteiger partial charge in [-0.25, -0.2) is 0 Å². The summed E-state index contributed by atoms with van der Waals surface area (Å²) in [5.41, 5.74) is 7.22. The number of nitrogens with zero attached hydrogens (tertiary/aromatic N) is 1. The average Bonchev–Trinajstić information content (AvgIpc) is 2.54. The number of carboxylic acids is 1. The molecule has 0 spiro atoms. The first-order valence-corrected chi connectivity index (χ1v) is 7.70. The fourth-order valence-electron chi connectivity index (χ4n) is 2.61. The lowest BCUT2D eigenvalue weighted by atomic mass is 10.1. The van der Waals surface area contributed by atoms with Crippen molar-refractivity contribution in [2.24, 2.45) is 5.73 Å². The molecular weight excluding hydrogens is 282 g/mol. The van der Waals surface area contributed by atoms with Crippen molar-refractivity contribution in [3.8, 4) is 0 Å². The molecule has 6 heteroatoms. The zero-order chi connectivity index (χ0) is 15.9. The first-order valence-electron chi connectivity index (χ1n) is 7.70. The largest absolute Gasteiger partial charge is 0.480 e. The van der Waals surface area contributed by atoms with Gasteiger partial charge in [0.15, 0.2) is 0 Å². The number of aliphatic carboxylic acids is 1. The maximum atomic E-state index is 12.0. The number of para-hydroxylation sites is 2. The molecule has 22 heavy (non-hydrogen) atoms. The summed E-state index contributed by atoms with van der Waals surface area (Å²) >= 11 is 0. The number of nitrogens with two attached hydrogens (primary N) is 1. The van der Waals surface area contributed by atoms with Crippen LogP contribution in [0.25, 0.3) is 0 Å². The third kappa shape index (κ3) is 4.46. The zero-order valence-corrected chi connectivity index (χ0v) is 12.6. The number of rotatable bonds is 6. The van der Waals surface area contributed by atoms with Gasteiger partial charge in [-0.15, -0.1) is 0 Å². The van der Waals surface area contributed by atoms with Crippen LogP contribution in [0.15, 0.2) is 24.3 Å². The van der Waals surface area contributed by atoms with Gasteiger partial charge in [0.2, 0.25) is 5.91 Å². The molecule has 6 nitrogen and oxygen atoms in total. The third-order valence-corrected chi connectivity index (χ3v) is 3.87. The molecule has 0 aromatic heterocycles. The first-order chi connectivity index (χ1) is 10.6. The number of carboxylic acid groups (broad SMARTS) is 1. The predicted molar refractivity (Wildman–Crippen MR) is 86.0 cm³/mol. The van der Waals surface area contributed by atoms with Crippen LogP contribution < -0.4 is 16.0 Å². The Morgan fingerprint density at radius 1 is 1.23 bits per heavy atom. The molecule has 1 atom stereocenters. The van der Waals surface area contributed by atoms with Gasteiger partial charge in [-0.2, -0.15) is 0 Å². The summed E-state index contributed by atoms with van der Waals surface area (Å²) in [6.07, 6.45) is 3.80. The van der Waals surface area contributed by atoms with E-state index in [1.54, 1.807) is 0 Å². The lowest BCUT2D eigenvalue weighted by molar-refractivity contribution is -0.138. The van der Waals surface area contributed by atoms with Gasteiger partial charge in [-0.05, 0) is 37.8 Å². The SMILES string of the molecule is N[C@@H](CCC(=O)Nc1ccccc1N1CCCCC1)C(=O)O. The van der Waals surface area contributed by atoms with Gasteiger partial charge in [0.05, 0.1) is 11.4 Å². The minimum absolute atomic E-state index is 0.0990. The highest BCUT2D eigenvalue weighted by molar-refractivity contribution is 5.94. The number of amides is 1. The van der Waals surface area contributed by atoms with Crippen LogP contribution >= 0.6 is 0 Å². The lowest BCUT2D eigenvalue weighted by Gasteiger charge is -2.30. The van der Waals surface area contributed by atoms with Crippen LogP contribution in [0, 0.1) is 0 Å². The molecule has 0 unspecified atom stereocenters. The van der Waals surface area contributed by atoms with E-state index in [9.17, 15) is 9.59 Å². The molecule has 1 aromatic rings. The van der Waals surface area contributed by atoms with Crippen molar-refractivity contribution in [2.75, 3.05) is 23.3 Å². The van der Waals surface area contributed by atoms with Gasteiger partial charge >= 0.3 is 5.97 Å². The van der Waals surface area contributed by atoms with E-state index in [1.165, 1.54) is 6.42 Å². The molecule has 1 aromatic carbocycles. The molecule has 1 aliphatic rings. The second kappa shape index (κ2) is 7.79. The van der Waals surface area contributed by atoms with Crippen LogP contribution in [-0.2, 0) is 9.59 Å². The molecule has 0 aliphatic carbocycles. The van der Waals surface area contributed by atoms with Gasteiger partial charge in [0.25, 0.3) is 0 Å². The van der Waals surface area contributed by atoms with E-state index >= 15 is 0 Å². The van der Waals surface area contributed by atoms with Crippen molar-refractivity contribution < 1.29 is 14.7 Å². The molecular formula is C16H23N3O3. The monoisotopic (exact) mass is 305 g/mol. The van der Waals surface area contributed by atoms with Gasteiger partial charge < -0.3 is 21.1 Å². The second-order valence-corrected chi connectivity index (χ2v) is 5.60. The summed E-state index contributed by atoms with van der Waals surface area (Å²) in [5.74, 6) is -1.29. The Bertz CT molecular complexity index is 527. The lowest BCUT2D eigenvalue weighted by Crippen LogP contribution is -2.32. The number of benzene rings is 1. The Hall–Kier alpha value is -2.08. The van der Waals surface area contributed by atoms with E-state index in [4.69, 9.17) is 10.8 Å². The van der Waals surface area contributed by atoms with Gasteiger partial charge in [-0.1, -0.05) is 12.1 Å². The number of nitrogens with one attached hydrogen (secondary N) is 1. The molecule has 1 fully saturated rings. The summed E-state index contributed by atoms with van der Waals surface area (Å²) in [6.45, 7) is 1.99. The van der Waals surface area contributed by atoms with Crippen molar-refractivity contribution >= 4 is 23.3 Å². The quantitative estimate of drug-likeness (QED) is 0.745. The minimum atomic E-state index is -1.08. The Kier molecular flexibility index (Phi) is 5.77. The zero-order valence-electron chi connectivity index (χ0n) is 12.6. The van der Waals surface area contributed by atoms with E-state index < -0.39 is 12.0 Å². The second-order valence-electron chi connectivity index (χ2n) is 5.60. The predicted octanol–water partition coefficient (Wildman–Crippen LogP) is 1.81. The van der Waals surface area contributed by atoms with E-state index in [0.29, 0.717) is 0 Å².